The van der Waals surface area contributed by atoms with Gasteiger partial charge in [-0.3, -0.25) is 0 Å². The molecule has 1 aliphatic carbocycles. The van der Waals surface area contributed by atoms with E-state index < -0.39 is 0 Å². The van der Waals surface area contributed by atoms with Gasteiger partial charge in [-0.1, -0.05) is 28.1 Å². The number of nitrogens with zero attached hydrogens (tertiary/aromatic N) is 2. The summed E-state index contributed by atoms with van der Waals surface area (Å²) in [6.45, 7) is 1.28. The van der Waals surface area contributed by atoms with E-state index in [0.717, 1.165) is 22.3 Å². The minimum Gasteiger partial charge on any atom is -0.472 e. The molecular formula is C15H16BrN3O. The normalized spacial score (nSPS) is 14.2. The van der Waals surface area contributed by atoms with E-state index >= 15 is 0 Å². The smallest absolute Gasteiger partial charge is 0.233 e. The van der Waals surface area contributed by atoms with Crippen molar-refractivity contribution in [3.63, 3.8) is 0 Å². The highest BCUT2D eigenvalue weighted by molar-refractivity contribution is 9.10. The van der Waals surface area contributed by atoms with Crippen LogP contribution in [0.4, 0.5) is 0 Å². The molecule has 0 radical (unpaired) electrons. The summed E-state index contributed by atoms with van der Waals surface area (Å²) in [6, 6.07) is 12.5. The predicted molar refractivity (Wildman–Crippen MR) is 80.4 cm³/mol. The molecule has 0 bridgehead atoms. The maximum absolute atomic E-state index is 5.63. The second kappa shape index (κ2) is 6.33. The lowest BCUT2D eigenvalue weighted by Gasteiger charge is -2.06. The summed E-state index contributed by atoms with van der Waals surface area (Å²) >= 11 is 3.44. The van der Waals surface area contributed by atoms with E-state index in [9.17, 15) is 0 Å². The van der Waals surface area contributed by atoms with Gasteiger partial charge < -0.3 is 10.1 Å². The van der Waals surface area contributed by atoms with Crippen LogP contribution in [0.15, 0.2) is 40.9 Å². The SMILES string of the molecule is Brc1cccc(COc2ccc(CNC3CC3)nn2)c1. The minimum absolute atomic E-state index is 0.494. The number of aromatic nitrogens is 2. The Hall–Kier alpha value is -1.46. The van der Waals surface area contributed by atoms with Crippen LogP contribution in [0.1, 0.15) is 24.1 Å². The van der Waals surface area contributed by atoms with Crippen LogP contribution in [0, 0.1) is 0 Å². The van der Waals surface area contributed by atoms with Crippen molar-refractivity contribution in [2.24, 2.45) is 0 Å². The number of nitrogens with one attached hydrogen (secondary N) is 1. The Bertz CT molecular complexity index is 570. The van der Waals surface area contributed by atoms with E-state index in [0.29, 0.717) is 18.5 Å². The third-order valence-electron chi connectivity index (χ3n) is 3.12. The summed E-state index contributed by atoms with van der Waals surface area (Å²) in [4.78, 5) is 0. The fraction of sp³-hybridized carbons (Fsp3) is 0.333. The quantitative estimate of drug-likeness (QED) is 0.882. The number of ether oxygens (including phenoxy) is 1. The van der Waals surface area contributed by atoms with E-state index in [-0.39, 0.29) is 0 Å². The molecule has 1 aliphatic rings. The van der Waals surface area contributed by atoms with Crippen LogP contribution >= 0.6 is 15.9 Å². The van der Waals surface area contributed by atoms with Crippen LogP contribution in [-0.2, 0) is 13.2 Å². The number of halogens is 1. The van der Waals surface area contributed by atoms with Crippen molar-refractivity contribution in [3.05, 3.63) is 52.1 Å². The molecule has 0 saturated heterocycles. The second-order valence-electron chi connectivity index (χ2n) is 4.94. The van der Waals surface area contributed by atoms with Gasteiger partial charge in [-0.25, -0.2) is 0 Å². The number of benzene rings is 1. The number of hydrogen-bond donors (Lipinski definition) is 1. The molecule has 0 unspecified atom stereocenters. The van der Waals surface area contributed by atoms with E-state index in [1.54, 1.807) is 0 Å². The first kappa shape index (κ1) is 13.5. The van der Waals surface area contributed by atoms with E-state index in [4.69, 9.17) is 4.74 Å². The Kier molecular flexibility index (Phi) is 4.28. The second-order valence-corrected chi connectivity index (χ2v) is 5.85. The molecule has 20 heavy (non-hydrogen) atoms. The lowest BCUT2D eigenvalue weighted by Crippen LogP contribution is -2.16. The average Bonchev–Trinajstić information content (AvgIpc) is 3.28. The fourth-order valence-electron chi connectivity index (χ4n) is 1.84. The molecule has 2 aromatic rings. The van der Waals surface area contributed by atoms with Gasteiger partial charge in [-0.2, -0.15) is 5.10 Å². The molecule has 104 valence electrons. The lowest BCUT2D eigenvalue weighted by molar-refractivity contribution is 0.289. The summed E-state index contributed by atoms with van der Waals surface area (Å²) in [5.74, 6) is 0.556. The maximum Gasteiger partial charge on any atom is 0.233 e. The molecule has 1 aromatic heterocycles. The summed E-state index contributed by atoms with van der Waals surface area (Å²) in [7, 11) is 0. The van der Waals surface area contributed by atoms with Crippen molar-refractivity contribution in [2.75, 3.05) is 0 Å². The molecule has 1 fully saturated rings. The van der Waals surface area contributed by atoms with Crippen molar-refractivity contribution in [2.45, 2.75) is 32.0 Å². The molecule has 0 spiro atoms. The van der Waals surface area contributed by atoms with Crippen molar-refractivity contribution in [1.29, 1.82) is 0 Å². The number of hydrogen-bond acceptors (Lipinski definition) is 4. The number of rotatable bonds is 6. The van der Waals surface area contributed by atoms with Gasteiger partial charge in [-0.15, -0.1) is 5.10 Å². The van der Waals surface area contributed by atoms with Crippen molar-refractivity contribution in [1.82, 2.24) is 15.5 Å². The standard InChI is InChI=1S/C15H16BrN3O/c16-12-3-1-2-11(8-12)10-20-15-7-6-14(18-19-15)9-17-13-4-5-13/h1-3,6-8,13,17H,4-5,9-10H2. The van der Waals surface area contributed by atoms with E-state index in [1.807, 2.05) is 36.4 Å². The predicted octanol–water partition coefficient (Wildman–Crippen LogP) is 3.07. The maximum atomic E-state index is 5.63. The highest BCUT2D eigenvalue weighted by atomic mass is 79.9. The van der Waals surface area contributed by atoms with Crippen LogP contribution in [0.25, 0.3) is 0 Å². The van der Waals surface area contributed by atoms with Gasteiger partial charge in [0.1, 0.15) is 6.61 Å². The van der Waals surface area contributed by atoms with Crippen LogP contribution < -0.4 is 10.1 Å². The van der Waals surface area contributed by atoms with Gasteiger partial charge in [-0.05, 0) is 36.6 Å². The molecule has 0 aliphatic heterocycles. The van der Waals surface area contributed by atoms with Crippen LogP contribution in [0.5, 0.6) is 5.88 Å². The highest BCUT2D eigenvalue weighted by Crippen LogP contribution is 2.19. The zero-order valence-corrected chi connectivity index (χ0v) is 12.6. The Morgan fingerprint density at radius 2 is 2.10 bits per heavy atom. The van der Waals surface area contributed by atoms with Gasteiger partial charge in [0.2, 0.25) is 5.88 Å². The molecule has 0 amide bonds. The Balaban J connectivity index is 1.52. The summed E-state index contributed by atoms with van der Waals surface area (Å²) in [5.41, 5.74) is 2.05. The first-order chi connectivity index (χ1) is 9.79. The molecule has 3 rings (SSSR count). The topological polar surface area (TPSA) is 47.0 Å². The summed E-state index contributed by atoms with van der Waals surface area (Å²) in [6.07, 6.45) is 2.56. The Morgan fingerprint density at radius 3 is 2.80 bits per heavy atom. The van der Waals surface area contributed by atoms with Crippen LogP contribution in [0.2, 0.25) is 0 Å². The van der Waals surface area contributed by atoms with Gasteiger partial charge in [0.05, 0.1) is 5.69 Å². The van der Waals surface area contributed by atoms with Crippen molar-refractivity contribution < 1.29 is 4.74 Å². The zero-order valence-electron chi connectivity index (χ0n) is 11.1. The molecule has 1 aromatic carbocycles. The zero-order chi connectivity index (χ0) is 13.8. The highest BCUT2D eigenvalue weighted by Gasteiger charge is 2.20. The van der Waals surface area contributed by atoms with Gasteiger partial charge in [0.15, 0.2) is 0 Å². The minimum atomic E-state index is 0.494. The Labute approximate surface area is 126 Å². The summed E-state index contributed by atoms with van der Waals surface area (Å²) < 4.78 is 6.67. The van der Waals surface area contributed by atoms with Gasteiger partial charge in [0, 0.05) is 23.1 Å². The molecule has 1 saturated carbocycles. The first-order valence-corrected chi connectivity index (χ1v) is 7.52. The third kappa shape index (κ3) is 4.02. The third-order valence-corrected chi connectivity index (χ3v) is 3.61. The summed E-state index contributed by atoms with van der Waals surface area (Å²) in [5, 5.41) is 11.7. The van der Waals surface area contributed by atoms with Crippen molar-refractivity contribution in [3.8, 4) is 5.88 Å². The van der Waals surface area contributed by atoms with Crippen LogP contribution in [0.3, 0.4) is 0 Å². The van der Waals surface area contributed by atoms with E-state index in [2.05, 4.69) is 31.4 Å². The molecule has 1 heterocycles. The molecule has 4 nitrogen and oxygen atoms in total. The van der Waals surface area contributed by atoms with Crippen LogP contribution in [-0.4, -0.2) is 16.2 Å². The van der Waals surface area contributed by atoms with Gasteiger partial charge in [0.25, 0.3) is 0 Å². The lowest BCUT2D eigenvalue weighted by atomic mass is 10.2. The molecule has 0 atom stereocenters. The fourth-order valence-corrected chi connectivity index (χ4v) is 2.29. The average molecular weight is 334 g/mol. The molecule has 5 heteroatoms. The van der Waals surface area contributed by atoms with Crippen molar-refractivity contribution >= 4 is 15.9 Å². The van der Waals surface area contributed by atoms with Gasteiger partial charge >= 0.3 is 0 Å². The largest absolute Gasteiger partial charge is 0.472 e. The van der Waals surface area contributed by atoms with E-state index in [1.165, 1.54) is 12.8 Å². The Morgan fingerprint density at radius 1 is 1.20 bits per heavy atom. The molecular weight excluding hydrogens is 318 g/mol. The monoisotopic (exact) mass is 333 g/mol. The first-order valence-electron chi connectivity index (χ1n) is 6.73. The molecule has 1 N–H and O–H groups in total.